The number of carbonyl (C=O) groups excluding carboxylic acids is 2. The average Bonchev–Trinajstić information content (AvgIpc) is 2.48. The zero-order valence-electron chi connectivity index (χ0n) is 11.6. The first-order chi connectivity index (χ1) is 9.99. The fraction of sp³-hybridized carbons (Fsp3) is 0.267. The van der Waals surface area contributed by atoms with Gasteiger partial charge in [0.2, 0.25) is 5.91 Å². The van der Waals surface area contributed by atoms with Crippen LogP contribution in [-0.4, -0.2) is 46.9 Å². The Morgan fingerprint density at radius 3 is 2.62 bits per heavy atom. The summed E-state index contributed by atoms with van der Waals surface area (Å²) >= 11 is 0. The highest BCUT2D eigenvalue weighted by molar-refractivity contribution is 5.98. The Morgan fingerprint density at radius 2 is 2.00 bits per heavy atom. The molecule has 2 amide bonds. The highest BCUT2D eigenvalue weighted by Crippen LogP contribution is 2.13. The monoisotopic (exact) mass is 288 g/mol. The van der Waals surface area contributed by atoms with E-state index < -0.39 is 12.0 Å². The zero-order valence-corrected chi connectivity index (χ0v) is 11.6. The highest BCUT2D eigenvalue weighted by atomic mass is 16.4. The molecule has 1 aliphatic rings. The van der Waals surface area contributed by atoms with Crippen molar-refractivity contribution in [3.63, 3.8) is 0 Å². The Labute approximate surface area is 122 Å². The van der Waals surface area contributed by atoms with Crippen LogP contribution in [0.5, 0.6) is 0 Å². The number of piperazine rings is 1. The number of hydrogen-bond donors (Lipinski definition) is 2. The van der Waals surface area contributed by atoms with Crippen molar-refractivity contribution in [1.82, 2.24) is 10.2 Å². The first-order valence-electron chi connectivity index (χ1n) is 6.59. The Hall–Kier alpha value is -2.63. The first kappa shape index (κ1) is 14.8. The smallest absolute Gasteiger partial charge is 0.328 e. The third kappa shape index (κ3) is 3.47. The maximum absolute atomic E-state index is 12.4. The first-order valence-corrected chi connectivity index (χ1v) is 6.59. The Balaban J connectivity index is 2.12. The van der Waals surface area contributed by atoms with Crippen LogP contribution in [0.25, 0.3) is 6.08 Å². The third-order valence-corrected chi connectivity index (χ3v) is 3.34. The van der Waals surface area contributed by atoms with Crippen molar-refractivity contribution in [2.75, 3.05) is 13.1 Å². The minimum absolute atomic E-state index is 0.157. The number of nitrogens with one attached hydrogen (secondary N) is 1. The van der Waals surface area contributed by atoms with Crippen molar-refractivity contribution in [3.05, 3.63) is 41.5 Å². The Kier molecular flexibility index (Phi) is 4.37. The molecule has 1 unspecified atom stereocenters. The van der Waals surface area contributed by atoms with Crippen LogP contribution in [0.15, 0.2) is 30.3 Å². The van der Waals surface area contributed by atoms with Gasteiger partial charge >= 0.3 is 5.97 Å². The second-order valence-corrected chi connectivity index (χ2v) is 4.76. The van der Waals surface area contributed by atoms with E-state index in [4.69, 9.17) is 5.11 Å². The summed E-state index contributed by atoms with van der Waals surface area (Å²) in [6.07, 6.45) is 2.49. The number of carboxylic acids is 1. The molecular weight excluding hydrogens is 272 g/mol. The summed E-state index contributed by atoms with van der Waals surface area (Å²) in [5.74, 6) is -1.38. The quantitative estimate of drug-likeness (QED) is 0.803. The van der Waals surface area contributed by atoms with Crippen molar-refractivity contribution < 1.29 is 19.5 Å². The number of nitrogens with zero attached hydrogens (tertiary/aromatic N) is 1. The molecule has 0 radical (unpaired) electrons. The number of rotatable bonds is 3. The molecule has 1 aromatic rings. The summed E-state index contributed by atoms with van der Waals surface area (Å²) in [7, 11) is 0. The lowest BCUT2D eigenvalue weighted by Gasteiger charge is -2.32. The van der Waals surface area contributed by atoms with E-state index in [2.05, 4.69) is 5.32 Å². The predicted molar refractivity (Wildman–Crippen MR) is 76.6 cm³/mol. The van der Waals surface area contributed by atoms with Crippen LogP contribution in [-0.2, 0) is 9.59 Å². The van der Waals surface area contributed by atoms with Crippen LogP contribution in [0.1, 0.15) is 22.8 Å². The molecule has 0 spiro atoms. The van der Waals surface area contributed by atoms with Gasteiger partial charge in [0, 0.05) is 24.7 Å². The van der Waals surface area contributed by atoms with Gasteiger partial charge in [0.15, 0.2) is 0 Å². The van der Waals surface area contributed by atoms with Gasteiger partial charge in [-0.15, -0.1) is 0 Å². The topological polar surface area (TPSA) is 86.7 Å². The molecule has 21 heavy (non-hydrogen) atoms. The fourth-order valence-corrected chi connectivity index (χ4v) is 2.13. The summed E-state index contributed by atoms with van der Waals surface area (Å²) in [4.78, 5) is 35.9. The van der Waals surface area contributed by atoms with E-state index in [9.17, 15) is 14.4 Å². The molecule has 0 aromatic heterocycles. The van der Waals surface area contributed by atoms with Crippen LogP contribution < -0.4 is 5.32 Å². The van der Waals surface area contributed by atoms with Crippen molar-refractivity contribution in [1.29, 1.82) is 0 Å². The lowest BCUT2D eigenvalue weighted by atomic mass is 10.1. The second-order valence-electron chi connectivity index (χ2n) is 4.76. The summed E-state index contributed by atoms with van der Waals surface area (Å²) < 4.78 is 0. The van der Waals surface area contributed by atoms with Gasteiger partial charge in [0.1, 0.15) is 6.04 Å². The molecule has 1 aromatic carbocycles. The number of benzene rings is 1. The third-order valence-electron chi connectivity index (χ3n) is 3.34. The number of hydrogen-bond acceptors (Lipinski definition) is 3. The SMILES string of the molecule is CC1C(=O)NCCN1C(=O)c1ccc(C=CC(=O)O)cc1. The normalized spacial score (nSPS) is 18.6. The number of amides is 2. The summed E-state index contributed by atoms with van der Waals surface area (Å²) in [5, 5.41) is 11.3. The Morgan fingerprint density at radius 1 is 1.33 bits per heavy atom. The lowest BCUT2D eigenvalue weighted by Crippen LogP contribution is -2.55. The molecule has 1 aliphatic heterocycles. The van der Waals surface area contributed by atoms with Gasteiger partial charge in [-0.3, -0.25) is 9.59 Å². The lowest BCUT2D eigenvalue weighted by molar-refractivity contribution is -0.131. The van der Waals surface area contributed by atoms with E-state index in [1.807, 2.05) is 0 Å². The fourth-order valence-electron chi connectivity index (χ4n) is 2.13. The van der Waals surface area contributed by atoms with E-state index in [0.717, 1.165) is 6.08 Å². The molecule has 1 heterocycles. The summed E-state index contributed by atoms with van der Waals surface area (Å²) in [6.45, 7) is 2.62. The molecule has 6 nitrogen and oxygen atoms in total. The van der Waals surface area contributed by atoms with E-state index in [-0.39, 0.29) is 11.8 Å². The van der Waals surface area contributed by atoms with E-state index in [0.29, 0.717) is 24.2 Å². The molecular formula is C15H16N2O4. The Bertz CT molecular complexity index is 592. The largest absolute Gasteiger partial charge is 0.478 e. The van der Waals surface area contributed by atoms with Crippen molar-refractivity contribution in [3.8, 4) is 0 Å². The molecule has 0 bridgehead atoms. The standard InChI is InChI=1S/C15H16N2O4/c1-10-14(20)16-8-9-17(10)15(21)12-5-2-11(3-6-12)4-7-13(18)19/h2-7,10H,8-9H2,1H3,(H,16,20)(H,18,19). The highest BCUT2D eigenvalue weighted by Gasteiger charge is 2.29. The van der Waals surface area contributed by atoms with Crippen LogP contribution >= 0.6 is 0 Å². The molecule has 1 fully saturated rings. The zero-order chi connectivity index (χ0) is 15.4. The van der Waals surface area contributed by atoms with Crippen LogP contribution in [0.4, 0.5) is 0 Å². The van der Waals surface area contributed by atoms with Crippen LogP contribution in [0.2, 0.25) is 0 Å². The summed E-state index contributed by atoms with van der Waals surface area (Å²) in [6, 6.07) is 6.10. The van der Waals surface area contributed by atoms with Gasteiger partial charge in [0.05, 0.1) is 0 Å². The number of aliphatic carboxylic acids is 1. The van der Waals surface area contributed by atoms with Gasteiger partial charge in [-0.1, -0.05) is 12.1 Å². The molecule has 2 N–H and O–H groups in total. The van der Waals surface area contributed by atoms with E-state index in [1.165, 1.54) is 11.0 Å². The van der Waals surface area contributed by atoms with Crippen molar-refractivity contribution >= 4 is 23.9 Å². The van der Waals surface area contributed by atoms with Gasteiger partial charge in [0.25, 0.3) is 5.91 Å². The van der Waals surface area contributed by atoms with Crippen LogP contribution in [0.3, 0.4) is 0 Å². The van der Waals surface area contributed by atoms with Crippen molar-refractivity contribution in [2.24, 2.45) is 0 Å². The molecule has 1 saturated heterocycles. The molecule has 0 aliphatic carbocycles. The van der Waals surface area contributed by atoms with Crippen molar-refractivity contribution in [2.45, 2.75) is 13.0 Å². The molecule has 110 valence electrons. The number of carboxylic acid groups (broad SMARTS) is 1. The molecule has 2 rings (SSSR count). The van der Waals surface area contributed by atoms with Gasteiger partial charge in [-0.25, -0.2) is 4.79 Å². The van der Waals surface area contributed by atoms with Gasteiger partial charge in [-0.2, -0.15) is 0 Å². The van der Waals surface area contributed by atoms with E-state index in [1.54, 1.807) is 31.2 Å². The maximum Gasteiger partial charge on any atom is 0.328 e. The average molecular weight is 288 g/mol. The molecule has 1 atom stereocenters. The predicted octanol–water partition coefficient (Wildman–Crippen LogP) is 0.745. The van der Waals surface area contributed by atoms with Crippen LogP contribution in [0, 0.1) is 0 Å². The summed E-state index contributed by atoms with van der Waals surface area (Å²) in [5.41, 5.74) is 1.17. The second kappa shape index (κ2) is 6.21. The minimum atomic E-state index is -1.02. The minimum Gasteiger partial charge on any atom is -0.478 e. The van der Waals surface area contributed by atoms with E-state index >= 15 is 0 Å². The maximum atomic E-state index is 12.4. The number of carbonyl (C=O) groups is 3. The van der Waals surface area contributed by atoms with Gasteiger partial charge in [-0.05, 0) is 30.7 Å². The molecule has 6 heteroatoms. The van der Waals surface area contributed by atoms with Gasteiger partial charge < -0.3 is 15.3 Å². The molecule has 0 saturated carbocycles.